The fourth-order valence-corrected chi connectivity index (χ4v) is 3.25. The summed E-state index contributed by atoms with van der Waals surface area (Å²) in [5.74, 6) is 0.500. The van der Waals surface area contributed by atoms with Crippen molar-refractivity contribution in [1.29, 1.82) is 0 Å². The second-order valence-electron chi connectivity index (χ2n) is 5.14. The largest absolute Gasteiger partial charge is 0.368 e. The highest BCUT2D eigenvalue weighted by Gasteiger charge is 2.14. The molecule has 2 N–H and O–H groups in total. The molecule has 1 aromatic carbocycles. The molecule has 0 radical (unpaired) electrons. The standard InChI is InChI=1S/C16H17N3OS/c1-9(14-8-15(17)20-19-14)12-4-6-13(7-5-12)16-10(2)21-11(3)18-16/h4-9H,17H2,1-3H3. The molecule has 0 aliphatic carbocycles. The van der Waals surface area contributed by atoms with Crippen LogP contribution in [-0.2, 0) is 0 Å². The van der Waals surface area contributed by atoms with Gasteiger partial charge in [-0.3, -0.25) is 0 Å². The summed E-state index contributed by atoms with van der Waals surface area (Å²) in [5, 5.41) is 5.07. The molecule has 3 rings (SSSR count). The van der Waals surface area contributed by atoms with Crippen molar-refractivity contribution >= 4 is 17.2 Å². The van der Waals surface area contributed by atoms with Gasteiger partial charge < -0.3 is 10.3 Å². The molecule has 21 heavy (non-hydrogen) atoms. The maximum absolute atomic E-state index is 5.58. The topological polar surface area (TPSA) is 64.9 Å². The van der Waals surface area contributed by atoms with Crippen LogP contribution < -0.4 is 5.73 Å². The van der Waals surface area contributed by atoms with Crippen LogP contribution in [-0.4, -0.2) is 10.1 Å². The van der Waals surface area contributed by atoms with Gasteiger partial charge in [0.05, 0.1) is 16.4 Å². The van der Waals surface area contributed by atoms with Gasteiger partial charge >= 0.3 is 0 Å². The fraction of sp³-hybridized carbons (Fsp3) is 0.250. The number of anilines is 1. The number of aromatic nitrogens is 2. The normalized spacial score (nSPS) is 12.5. The molecule has 2 heterocycles. The summed E-state index contributed by atoms with van der Waals surface area (Å²) in [6.45, 7) is 6.23. The van der Waals surface area contributed by atoms with Gasteiger partial charge in [0.25, 0.3) is 0 Å². The van der Waals surface area contributed by atoms with Crippen LogP contribution in [0.5, 0.6) is 0 Å². The number of hydrogen-bond acceptors (Lipinski definition) is 5. The van der Waals surface area contributed by atoms with E-state index in [0.717, 1.165) is 22.0 Å². The average molecular weight is 299 g/mol. The van der Waals surface area contributed by atoms with Gasteiger partial charge in [-0.15, -0.1) is 11.3 Å². The molecule has 108 valence electrons. The molecule has 0 aliphatic heterocycles. The van der Waals surface area contributed by atoms with Gasteiger partial charge in [0.1, 0.15) is 0 Å². The maximum Gasteiger partial charge on any atom is 0.222 e. The van der Waals surface area contributed by atoms with Crippen molar-refractivity contribution in [3.63, 3.8) is 0 Å². The molecule has 3 aromatic rings. The molecule has 0 aliphatic rings. The molecule has 0 spiro atoms. The molecule has 1 atom stereocenters. The summed E-state index contributed by atoms with van der Waals surface area (Å²) in [6.07, 6.45) is 0. The van der Waals surface area contributed by atoms with Gasteiger partial charge in [-0.1, -0.05) is 36.3 Å². The second kappa shape index (κ2) is 5.33. The SMILES string of the molecule is Cc1nc(-c2ccc(C(C)c3cc(N)on3)cc2)c(C)s1. The number of aryl methyl sites for hydroxylation is 2. The Hall–Kier alpha value is -2.14. The van der Waals surface area contributed by atoms with E-state index >= 15 is 0 Å². The number of rotatable bonds is 3. The van der Waals surface area contributed by atoms with Gasteiger partial charge in [0.2, 0.25) is 5.88 Å². The smallest absolute Gasteiger partial charge is 0.222 e. The zero-order valence-electron chi connectivity index (χ0n) is 12.3. The molecule has 2 aromatic heterocycles. The van der Waals surface area contributed by atoms with Crippen molar-refractivity contribution in [3.8, 4) is 11.3 Å². The maximum atomic E-state index is 5.58. The van der Waals surface area contributed by atoms with E-state index in [0.29, 0.717) is 5.88 Å². The minimum atomic E-state index is 0.151. The molecule has 0 saturated heterocycles. The fourth-order valence-electron chi connectivity index (χ4n) is 2.41. The first-order valence-corrected chi connectivity index (χ1v) is 7.62. The lowest BCUT2D eigenvalue weighted by Gasteiger charge is -2.09. The number of nitrogens with zero attached hydrogens (tertiary/aromatic N) is 2. The van der Waals surface area contributed by atoms with Crippen LogP contribution in [0.3, 0.4) is 0 Å². The van der Waals surface area contributed by atoms with Crippen molar-refractivity contribution in [2.75, 3.05) is 5.73 Å². The van der Waals surface area contributed by atoms with E-state index in [1.165, 1.54) is 10.4 Å². The molecule has 4 nitrogen and oxygen atoms in total. The predicted molar refractivity (Wildman–Crippen MR) is 85.5 cm³/mol. The minimum absolute atomic E-state index is 0.151. The number of benzene rings is 1. The monoisotopic (exact) mass is 299 g/mol. The molecular weight excluding hydrogens is 282 g/mol. The highest BCUT2D eigenvalue weighted by molar-refractivity contribution is 7.11. The third-order valence-electron chi connectivity index (χ3n) is 3.58. The molecule has 0 amide bonds. The van der Waals surface area contributed by atoms with Gasteiger partial charge in [0, 0.05) is 22.4 Å². The summed E-state index contributed by atoms with van der Waals surface area (Å²) < 4.78 is 4.94. The van der Waals surface area contributed by atoms with Crippen LogP contribution in [0.25, 0.3) is 11.3 Å². The summed E-state index contributed by atoms with van der Waals surface area (Å²) in [6, 6.07) is 10.2. The van der Waals surface area contributed by atoms with Crippen molar-refractivity contribution in [2.45, 2.75) is 26.7 Å². The first-order chi connectivity index (χ1) is 10.0. The zero-order valence-corrected chi connectivity index (χ0v) is 13.1. The Morgan fingerprint density at radius 3 is 2.43 bits per heavy atom. The Labute approximate surface area is 127 Å². The first kappa shape index (κ1) is 13.8. The van der Waals surface area contributed by atoms with Crippen LogP contribution in [0.4, 0.5) is 5.88 Å². The van der Waals surface area contributed by atoms with Gasteiger partial charge in [-0.25, -0.2) is 4.98 Å². The van der Waals surface area contributed by atoms with E-state index in [9.17, 15) is 0 Å². The lowest BCUT2D eigenvalue weighted by molar-refractivity contribution is 0.425. The highest BCUT2D eigenvalue weighted by Crippen LogP contribution is 2.30. The van der Waals surface area contributed by atoms with Crippen LogP contribution in [0.1, 0.15) is 34.0 Å². The van der Waals surface area contributed by atoms with E-state index in [1.54, 1.807) is 17.4 Å². The summed E-state index contributed by atoms with van der Waals surface area (Å²) >= 11 is 1.73. The third-order valence-corrected chi connectivity index (χ3v) is 4.46. The van der Waals surface area contributed by atoms with E-state index in [-0.39, 0.29) is 5.92 Å². The molecule has 0 fully saturated rings. The predicted octanol–water partition coefficient (Wildman–Crippen LogP) is 4.15. The Bertz CT molecular complexity index is 758. The van der Waals surface area contributed by atoms with Crippen LogP contribution in [0.15, 0.2) is 34.9 Å². The Morgan fingerprint density at radius 1 is 1.19 bits per heavy atom. The lowest BCUT2D eigenvalue weighted by Crippen LogP contribution is -1.96. The van der Waals surface area contributed by atoms with Gasteiger partial charge in [-0.05, 0) is 19.4 Å². The van der Waals surface area contributed by atoms with Crippen molar-refractivity contribution in [2.24, 2.45) is 0 Å². The Kier molecular flexibility index (Phi) is 3.51. The van der Waals surface area contributed by atoms with E-state index in [1.807, 2.05) is 6.92 Å². The summed E-state index contributed by atoms with van der Waals surface area (Å²) in [5.41, 5.74) is 9.82. The number of hydrogen-bond donors (Lipinski definition) is 1. The number of nitrogens with two attached hydrogens (primary N) is 1. The van der Waals surface area contributed by atoms with Gasteiger partial charge in [0.15, 0.2) is 0 Å². The Morgan fingerprint density at radius 2 is 1.90 bits per heavy atom. The van der Waals surface area contributed by atoms with Crippen LogP contribution in [0, 0.1) is 13.8 Å². The second-order valence-corrected chi connectivity index (χ2v) is 6.54. The van der Waals surface area contributed by atoms with Crippen molar-refractivity contribution < 1.29 is 4.52 Å². The van der Waals surface area contributed by atoms with Crippen molar-refractivity contribution in [3.05, 3.63) is 51.5 Å². The van der Waals surface area contributed by atoms with E-state index in [4.69, 9.17) is 10.3 Å². The lowest BCUT2D eigenvalue weighted by atomic mass is 9.96. The molecule has 5 heteroatoms. The number of thiazole rings is 1. The van der Waals surface area contributed by atoms with Crippen LogP contribution >= 0.6 is 11.3 Å². The van der Waals surface area contributed by atoms with E-state index in [2.05, 4.69) is 48.3 Å². The summed E-state index contributed by atoms with van der Waals surface area (Å²) in [4.78, 5) is 5.84. The quantitative estimate of drug-likeness (QED) is 0.789. The van der Waals surface area contributed by atoms with Gasteiger partial charge in [-0.2, -0.15) is 0 Å². The Balaban J connectivity index is 1.89. The molecular formula is C16H17N3OS. The van der Waals surface area contributed by atoms with E-state index < -0.39 is 0 Å². The minimum Gasteiger partial charge on any atom is -0.368 e. The van der Waals surface area contributed by atoms with Crippen LogP contribution in [0.2, 0.25) is 0 Å². The number of nitrogen functional groups attached to an aromatic ring is 1. The molecule has 1 unspecified atom stereocenters. The molecule has 0 bridgehead atoms. The highest BCUT2D eigenvalue weighted by atomic mass is 32.1. The first-order valence-electron chi connectivity index (χ1n) is 6.81. The zero-order chi connectivity index (χ0) is 15.0. The third kappa shape index (κ3) is 2.69. The average Bonchev–Trinajstić information content (AvgIpc) is 3.04. The summed E-state index contributed by atoms with van der Waals surface area (Å²) in [7, 11) is 0. The molecule has 0 saturated carbocycles. The van der Waals surface area contributed by atoms with Crippen molar-refractivity contribution in [1.82, 2.24) is 10.1 Å².